The van der Waals surface area contributed by atoms with Crippen LogP contribution in [0.5, 0.6) is 5.75 Å². The maximum Gasteiger partial charge on any atom is 0.244 e. The summed E-state index contributed by atoms with van der Waals surface area (Å²) in [5.74, 6) is -0.468. The molecule has 2 aromatic carbocycles. The second-order valence-electron chi connectivity index (χ2n) is 7.91. The van der Waals surface area contributed by atoms with Crippen LogP contribution in [0.15, 0.2) is 53.0 Å². The van der Waals surface area contributed by atoms with Crippen LogP contribution in [0.3, 0.4) is 0 Å². The number of hydrogen-bond acceptors (Lipinski definition) is 5. The largest absolute Gasteiger partial charge is 0.495 e. The smallest absolute Gasteiger partial charge is 0.244 e. The van der Waals surface area contributed by atoms with E-state index < -0.39 is 28.5 Å². The topological polar surface area (TPSA) is 96.0 Å². The molecule has 10 heteroatoms. The fourth-order valence-corrected chi connectivity index (χ4v) is 4.45. The number of anilines is 1. The molecule has 1 N–H and O–H groups in total. The van der Waals surface area contributed by atoms with Crippen LogP contribution < -0.4 is 14.4 Å². The van der Waals surface area contributed by atoms with Gasteiger partial charge in [-0.25, -0.2) is 8.42 Å². The first-order valence-corrected chi connectivity index (χ1v) is 13.6. The molecule has 186 valence electrons. The van der Waals surface area contributed by atoms with Gasteiger partial charge in [-0.05, 0) is 43.2 Å². The average molecular weight is 555 g/mol. The van der Waals surface area contributed by atoms with Gasteiger partial charge in [-0.3, -0.25) is 13.9 Å². The highest BCUT2D eigenvalue weighted by molar-refractivity contribution is 9.10. The Bertz CT molecular complexity index is 1080. The average Bonchev–Trinajstić information content (AvgIpc) is 2.81. The minimum Gasteiger partial charge on any atom is -0.495 e. The molecule has 0 aliphatic rings. The van der Waals surface area contributed by atoms with Crippen LogP contribution in [0.4, 0.5) is 5.69 Å². The fourth-order valence-electron chi connectivity index (χ4n) is 3.34. The summed E-state index contributed by atoms with van der Waals surface area (Å²) in [5, 5.41) is 2.85. The Kier molecular flexibility index (Phi) is 10.4. The zero-order chi connectivity index (χ0) is 25.3. The highest BCUT2D eigenvalue weighted by Gasteiger charge is 2.31. The van der Waals surface area contributed by atoms with E-state index in [4.69, 9.17) is 4.74 Å². The van der Waals surface area contributed by atoms with Crippen LogP contribution >= 0.6 is 15.9 Å². The first-order chi connectivity index (χ1) is 16.1. The third kappa shape index (κ3) is 7.73. The number of ether oxygens (including phenoxy) is 1. The van der Waals surface area contributed by atoms with Crippen molar-refractivity contribution in [3.8, 4) is 5.75 Å². The summed E-state index contributed by atoms with van der Waals surface area (Å²) in [5.41, 5.74) is 1.07. The summed E-state index contributed by atoms with van der Waals surface area (Å²) < 4.78 is 32.5. The van der Waals surface area contributed by atoms with Crippen molar-refractivity contribution in [2.45, 2.75) is 39.3 Å². The van der Waals surface area contributed by atoms with Gasteiger partial charge in [0.25, 0.3) is 0 Å². The normalized spacial score (nSPS) is 12.0. The van der Waals surface area contributed by atoms with Gasteiger partial charge in [-0.15, -0.1) is 0 Å². The maximum absolute atomic E-state index is 13.5. The van der Waals surface area contributed by atoms with Crippen LogP contribution in [0.1, 0.15) is 32.3 Å². The number of carbonyl (C=O) groups excluding carboxylic acids is 2. The van der Waals surface area contributed by atoms with E-state index in [0.717, 1.165) is 33.4 Å². The third-order valence-electron chi connectivity index (χ3n) is 5.30. The Hall–Kier alpha value is -2.59. The molecule has 34 heavy (non-hydrogen) atoms. The zero-order valence-corrected chi connectivity index (χ0v) is 22.4. The summed E-state index contributed by atoms with van der Waals surface area (Å²) in [6.07, 6.45) is 2.79. The lowest BCUT2D eigenvalue weighted by molar-refractivity contribution is -0.139. The van der Waals surface area contributed by atoms with Gasteiger partial charge < -0.3 is 15.0 Å². The number of carbonyl (C=O) groups is 2. The summed E-state index contributed by atoms with van der Waals surface area (Å²) in [6, 6.07) is 13.2. The Balaban J connectivity index is 2.37. The number of unbranched alkanes of at least 4 members (excludes halogenated alkanes) is 1. The standard InChI is InChI=1S/C24H32BrN3O5S/c1-5-6-15-26-24(30)18(2)27(16-19-11-13-20(25)14-12-19)23(29)17-28(34(4,31)32)21-9-7-8-10-22(21)33-3/h7-14,18H,5-6,15-17H2,1-4H3,(H,26,30)/t18-/m0/s1. The molecule has 1 atom stereocenters. The number of amides is 2. The predicted molar refractivity (Wildman–Crippen MR) is 137 cm³/mol. The van der Waals surface area contributed by atoms with Gasteiger partial charge in [0.1, 0.15) is 18.3 Å². The van der Waals surface area contributed by atoms with E-state index in [0.29, 0.717) is 12.3 Å². The van der Waals surface area contributed by atoms with E-state index in [1.165, 1.54) is 12.0 Å². The Labute approximate surface area is 210 Å². The van der Waals surface area contributed by atoms with E-state index in [2.05, 4.69) is 21.2 Å². The van der Waals surface area contributed by atoms with Gasteiger partial charge in [0.15, 0.2) is 0 Å². The molecule has 8 nitrogen and oxygen atoms in total. The number of benzene rings is 2. The van der Waals surface area contributed by atoms with Crippen LogP contribution in [0.25, 0.3) is 0 Å². The van der Waals surface area contributed by atoms with Gasteiger partial charge in [-0.1, -0.05) is 53.5 Å². The minimum atomic E-state index is -3.82. The summed E-state index contributed by atoms with van der Waals surface area (Å²) in [6.45, 7) is 3.86. The van der Waals surface area contributed by atoms with Crippen molar-refractivity contribution >= 4 is 43.5 Å². The van der Waals surface area contributed by atoms with Crippen LogP contribution in [0.2, 0.25) is 0 Å². The molecular formula is C24H32BrN3O5S. The molecule has 0 saturated carbocycles. The Morgan fingerprint density at radius 1 is 1.12 bits per heavy atom. The molecule has 0 aliphatic heterocycles. The third-order valence-corrected chi connectivity index (χ3v) is 6.95. The highest BCUT2D eigenvalue weighted by Crippen LogP contribution is 2.29. The maximum atomic E-state index is 13.5. The number of hydrogen-bond donors (Lipinski definition) is 1. The molecule has 0 aromatic heterocycles. The van der Waals surface area contributed by atoms with Crippen molar-refractivity contribution in [1.82, 2.24) is 10.2 Å². The number of sulfonamides is 1. The highest BCUT2D eigenvalue weighted by atomic mass is 79.9. The van der Waals surface area contributed by atoms with E-state index in [1.807, 2.05) is 31.2 Å². The molecule has 0 saturated heterocycles. The summed E-state index contributed by atoms with van der Waals surface area (Å²) >= 11 is 3.39. The van der Waals surface area contributed by atoms with E-state index in [9.17, 15) is 18.0 Å². The molecule has 2 rings (SSSR count). The van der Waals surface area contributed by atoms with Gasteiger partial charge in [0.2, 0.25) is 21.8 Å². The van der Waals surface area contributed by atoms with Crippen molar-refractivity contribution in [2.24, 2.45) is 0 Å². The molecule has 0 spiro atoms. The first-order valence-electron chi connectivity index (χ1n) is 11.0. The van der Waals surface area contributed by atoms with Crippen molar-refractivity contribution in [3.63, 3.8) is 0 Å². The number of methoxy groups -OCH3 is 1. The summed E-state index contributed by atoms with van der Waals surface area (Å²) in [7, 11) is -2.39. The number of nitrogens with zero attached hydrogens (tertiary/aromatic N) is 2. The summed E-state index contributed by atoms with van der Waals surface area (Å²) in [4.78, 5) is 27.7. The van der Waals surface area contributed by atoms with Gasteiger partial charge >= 0.3 is 0 Å². The second-order valence-corrected chi connectivity index (χ2v) is 10.7. The lowest BCUT2D eigenvalue weighted by Gasteiger charge is -2.31. The number of halogens is 1. The van der Waals surface area contributed by atoms with E-state index in [1.54, 1.807) is 31.2 Å². The SMILES string of the molecule is CCCCNC(=O)[C@H](C)N(Cc1ccc(Br)cc1)C(=O)CN(c1ccccc1OC)S(C)(=O)=O. The van der Waals surface area contributed by atoms with Crippen molar-refractivity contribution in [3.05, 3.63) is 58.6 Å². The zero-order valence-electron chi connectivity index (χ0n) is 20.0. The van der Waals surface area contributed by atoms with E-state index in [-0.39, 0.29) is 18.1 Å². The lowest BCUT2D eigenvalue weighted by atomic mass is 10.1. The first kappa shape index (κ1) is 27.7. The molecule has 0 aliphatic carbocycles. The Morgan fingerprint density at radius 2 is 1.76 bits per heavy atom. The molecule has 2 aromatic rings. The molecule has 0 unspecified atom stereocenters. The molecule has 0 bridgehead atoms. The predicted octanol–water partition coefficient (Wildman–Crippen LogP) is 3.56. The molecule has 0 fully saturated rings. The van der Waals surface area contributed by atoms with Crippen LogP contribution in [-0.4, -0.2) is 57.6 Å². The fraction of sp³-hybridized carbons (Fsp3) is 0.417. The van der Waals surface area contributed by atoms with Crippen molar-refractivity contribution < 1.29 is 22.7 Å². The van der Waals surface area contributed by atoms with Gasteiger partial charge in [0, 0.05) is 17.6 Å². The monoisotopic (exact) mass is 553 g/mol. The molecule has 2 amide bonds. The molecular weight excluding hydrogens is 522 g/mol. The van der Waals surface area contributed by atoms with Crippen molar-refractivity contribution in [1.29, 1.82) is 0 Å². The number of para-hydroxylation sites is 2. The van der Waals surface area contributed by atoms with Crippen molar-refractivity contribution in [2.75, 3.05) is 30.8 Å². The minimum absolute atomic E-state index is 0.151. The van der Waals surface area contributed by atoms with Crippen LogP contribution in [-0.2, 0) is 26.2 Å². The lowest BCUT2D eigenvalue weighted by Crippen LogP contribution is -2.51. The van der Waals surface area contributed by atoms with Gasteiger partial charge in [-0.2, -0.15) is 0 Å². The molecule has 0 heterocycles. The van der Waals surface area contributed by atoms with Crippen LogP contribution in [0, 0.1) is 0 Å². The van der Waals surface area contributed by atoms with Gasteiger partial charge in [0.05, 0.1) is 19.1 Å². The number of nitrogens with one attached hydrogen (secondary N) is 1. The number of rotatable bonds is 12. The quantitative estimate of drug-likeness (QED) is 0.405. The van der Waals surface area contributed by atoms with E-state index >= 15 is 0 Å². The Morgan fingerprint density at radius 3 is 2.35 bits per heavy atom. The second kappa shape index (κ2) is 12.8. The molecule has 0 radical (unpaired) electrons.